The van der Waals surface area contributed by atoms with Crippen LogP contribution in [0.2, 0.25) is 0 Å². The van der Waals surface area contributed by atoms with Gasteiger partial charge in [-0.2, -0.15) is 21.0 Å². The van der Waals surface area contributed by atoms with Crippen LogP contribution in [0.5, 0.6) is 34.5 Å². The van der Waals surface area contributed by atoms with Gasteiger partial charge < -0.3 is 28.4 Å². The fourth-order valence-corrected chi connectivity index (χ4v) is 6.66. The molecule has 64 heavy (non-hydrogen) atoms. The molecule has 0 saturated heterocycles. The Kier molecular flexibility index (Phi) is 15.1. The third kappa shape index (κ3) is 12.9. The van der Waals surface area contributed by atoms with E-state index in [1.807, 2.05) is 103 Å². The van der Waals surface area contributed by atoms with Crippen molar-refractivity contribution >= 4 is 15.9 Å². The molecule has 7 aromatic carbocycles. The first-order valence-electron chi connectivity index (χ1n) is 20.1. The van der Waals surface area contributed by atoms with Crippen molar-refractivity contribution in [3.05, 3.63) is 213 Å². The maximum absolute atomic E-state index is 9.19. The number of nitriles is 4. The maximum atomic E-state index is 9.19. The van der Waals surface area contributed by atoms with Gasteiger partial charge in [-0.25, -0.2) is 0 Å². The second kappa shape index (κ2) is 22.0. The summed E-state index contributed by atoms with van der Waals surface area (Å²) in [4.78, 5) is 0. The molecule has 0 unspecified atom stereocenters. The third-order valence-electron chi connectivity index (χ3n) is 9.74. The van der Waals surface area contributed by atoms with E-state index in [2.05, 4.69) is 40.2 Å². The lowest BCUT2D eigenvalue weighted by Crippen LogP contribution is -2.03. The van der Waals surface area contributed by atoms with E-state index in [1.54, 1.807) is 48.5 Å². The molecule has 0 atom stereocenters. The minimum Gasteiger partial charge on any atom is -0.489 e. The molecule has 0 N–H and O–H groups in total. The molecule has 0 amide bonds. The van der Waals surface area contributed by atoms with Crippen molar-refractivity contribution in [2.24, 2.45) is 0 Å². The number of benzene rings is 7. The van der Waals surface area contributed by atoms with Crippen LogP contribution in [0.15, 0.2) is 152 Å². The van der Waals surface area contributed by atoms with Crippen molar-refractivity contribution in [1.29, 1.82) is 21.0 Å². The summed E-state index contributed by atoms with van der Waals surface area (Å²) in [5, 5.41) is 37.3. The molecule has 0 spiro atoms. The Bertz CT molecular complexity index is 2510. The first kappa shape index (κ1) is 43.9. The zero-order chi connectivity index (χ0) is 44.5. The van der Waals surface area contributed by atoms with E-state index < -0.39 is 0 Å². The average Bonchev–Trinajstić information content (AvgIpc) is 3.35. The number of hydrogen-bond acceptors (Lipinski definition) is 10. The Hall–Kier alpha value is -8.22. The van der Waals surface area contributed by atoms with E-state index in [4.69, 9.17) is 28.4 Å². The highest BCUT2D eigenvalue weighted by Gasteiger charge is 2.11. The lowest BCUT2D eigenvalue weighted by Gasteiger charge is -2.15. The van der Waals surface area contributed by atoms with E-state index in [0.29, 0.717) is 62.1 Å². The van der Waals surface area contributed by atoms with Crippen LogP contribution in [0.1, 0.15) is 61.2 Å². The van der Waals surface area contributed by atoms with Crippen LogP contribution in [0.25, 0.3) is 0 Å². The number of ether oxygens (including phenoxy) is 6. The molecule has 10 nitrogen and oxygen atoms in total. The fourth-order valence-electron chi connectivity index (χ4n) is 6.34. The largest absolute Gasteiger partial charge is 0.489 e. The molecule has 0 heterocycles. The summed E-state index contributed by atoms with van der Waals surface area (Å²) >= 11 is 3.59. The lowest BCUT2D eigenvalue weighted by atomic mass is 10.1. The summed E-state index contributed by atoms with van der Waals surface area (Å²) in [7, 11) is 0. The topological polar surface area (TPSA) is 151 Å². The highest BCUT2D eigenvalue weighted by Crippen LogP contribution is 2.31. The van der Waals surface area contributed by atoms with Crippen LogP contribution >= 0.6 is 15.9 Å². The first-order valence-corrected chi connectivity index (χ1v) is 21.2. The molecule has 7 rings (SSSR count). The Labute approximate surface area is 380 Å². The Balaban J connectivity index is 1.06. The standard InChI is InChI=1S/C53H39BrN4O6/c54-26-45-17-48(63-35-46-19-50(59-31-41-9-1-37(27-55)2-10-41)24-51(20-46)60-32-42-11-3-38(28-56)4-12-42)23-49(18-45)64-36-47-21-52(61-33-43-13-5-39(29-57)6-14-43)25-53(22-47)62-34-44-15-7-40(30-58)8-16-44/h1-25H,26,31-36H2. The van der Waals surface area contributed by atoms with Crippen molar-refractivity contribution in [3.8, 4) is 58.8 Å². The van der Waals surface area contributed by atoms with Crippen LogP contribution in [0.4, 0.5) is 0 Å². The second-order valence-corrected chi connectivity index (χ2v) is 15.1. The summed E-state index contributed by atoms with van der Waals surface area (Å²) in [6.07, 6.45) is 0. The molecule has 0 aromatic heterocycles. The van der Waals surface area contributed by atoms with Crippen molar-refractivity contribution in [2.45, 2.75) is 45.0 Å². The Morgan fingerprint density at radius 2 is 0.484 bits per heavy atom. The van der Waals surface area contributed by atoms with Gasteiger partial charge in [-0.15, -0.1) is 0 Å². The molecule has 0 radical (unpaired) electrons. The average molecular weight is 908 g/mol. The normalized spacial score (nSPS) is 10.3. The Morgan fingerprint density at radius 3 is 0.688 bits per heavy atom. The highest BCUT2D eigenvalue weighted by atomic mass is 79.9. The lowest BCUT2D eigenvalue weighted by molar-refractivity contribution is 0.276. The molecule has 7 aromatic rings. The molecule has 11 heteroatoms. The number of hydrogen-bond donors (Lipinski definition) is 0. The highest BCUT2D eigenvalue weighted by molar-refractivity contribution is 9.08. The van der Waals surface area contributed by atoms with Gasteiger partial charge in [-0.1, -0.05) is 64.5 Å². The van der Waals surface area contributed by atoms with Gasteiger partial charge in [0.05, 0.1) is 46.5 Å². The zero-order valence-corrected chi connectivity index (χ0v) is 36.1. The van der Waals surface area contributed by atoms with Crippen molar-refractivity contribution in [2.75, 3.05) is 0 Å². The van der Waals surface area contributed by atoms with Gasteiger partial charge in [0.1, 0.15) is 74.1 Å². The minimum atomic E-state index is 0.199. The molecule has 314 valence electrons. The molecule has 0 fully saturated rings. The SMILES string of the molecule is N#Cc1ccc(COc2cc(COc3cc(CBr)cc(OCc4cc(OCc5ccc(C#N)cc5)cc(OCc5ccc(C#N)cc5)c4)c3)cc(OCc3ccc(C#N)cc3)c2)cc1. The van der Waals surface area contributed by atoms with Gasteiger partial charge in [0.25, 0.3) is 0 Å². The number of nitrogens with zero attached hydrogens (tertiary/aromatic N) is 4. The molecule has 0 bridgehead atoms. The van der Waals surface area contributed by atoms with Crippen molar-refractivity contribution in [3.63, 3.8) is 0 Å². The number of alkyl halides is 1. The van der Waals surface area contributed by atoms with E-state index in [9.17, 15) is 21.0 Å². The molecular formula is C53H39BrN4O6. The van der Waals surface area contributed by atoms with E-state index >= 15 is 0 Å². The van der Waals surface area contributed by atoms with Crippen molar-refractivity contribution in [1.82, 2.24) is 0 Å². The quantitative estimate of drug-likeness (QED) is 0.0717. The van der Waals surface area contributed by atoms with Crippen LogP contribution < -0.4 is 28.4 Å². The van der Waals surface area contributed by atoms with Crippen LogP contribution in [-0.2, 0) is 45.0 Å². The smallest absolute Gasteiger partial charge is 0.123 e. The molecule has 0 aliphatic heterocycles. The fraction of sp³-hybridized carbons (Fsp3) is 0.132. The molecule has 0 aliphatic carbocycles. The summed E-state index contributed by atoms with van der Waals surface area (Å²) in [5.74, 6) is 3.54. The van der Waals surface area contributed by atoms with E-state index in [-0.39, 0.29) is 39.6 Å². The van der Waals surface area contributed by atoms with Crippen LogP contribution in [-0.4, -0.2) is 0 Å². The second-order valence-electron chi connectivity index (χ2n) is 14.5. The predicted molar refractivity (Wildman–Crippen MR) is 243 cm³/mol. The van der Waals surface area contributed by atoms with Crippen LogP contribution in [0, 0.1) is 45.3 Å². The summed E-state index contributed by atoms with van der Waals surface area (Å²) in [6, 6.07) is 54.5. The van der Waals surface area contributed by atoms with Gasteiger partial charge in [-0.05, 0) is 124 Å². The summed E-state index contributed by atoms with van der Waals surface area (Å²) < 4.78 is 37.6. The molecular weight excluding hydrogens is 869 g/mol. The van der Waals surface area contributed by atoms with Crippen LogP contribution in [0.3, 0.4) is 0 Å². The van der Waals surface area contributed by atoms with Gasteiger partial charge in [0, 0.05) is 23.5 Å². The first-order chi connectivity index (χ1) is 31.4. The van der Waals surface area contributed by atoms with E-state index in [0.717, 1.165) is 38.9 Å². The number of rotatable bonds is 19. The van der Waals surface area contributed by atoms with Gasteiger partial charge in [-0.3, -0.25) is 0 Å². The third-order valence-corrected chi connectivity index (χ3v) is 10.4. The van der Waals surface area contributed by atoms with Gasteiger partial charge in [0.15, 0.2) is 0 Å². The molecule has 0 saturated carbocycles. The van der Waals surface area contributed by atoms with E-state index in [1.165, 1.54) is 0 Å². The Morgan fingerprint density at radius 1 is 0.281 bits per heavy atom. The van der Waals surface area contributed by atoms with Crippen molar-refractivity contribution < 1.29 is 28.4 Å². The maximum Gasteiger partial charge on any atom is 0.123 e. The van der Waals surface area contributed by atoms with Gasteiger partial charge >= 0.3 is 0 Å². The number of halogens is 1. The predicted octanol–water partition coefficient (Wildman–Crippen LogP) is 11.5. The summed E-state index contributed by atoms with van der Waals surface area (Å²) in [5.41, 5.74) is 8.51. The summed E-state index contributed by atoms with van der Waals surface area (Å²) in [6.45, 7) is 1.55. The zero-order valence-electron chi connectivity index (χ0n) is 34.5. The molecule has 0 aliphatic rings. The monoisotopic (exact) mass is 906 g/mol. The van der Waals surface area contributed by atoms with Gasteiger partial charge in [0.2, 0.25) is 0 Å². The minimum absolute atomic E-state index is 0.199.